The molecule has 0 saturated heterocycles. The summed E-state index contributed by atoms with van der Waals surface area (Å²) in [5.74, 6) is -0.0860. The van der Waals surface area contributed by atoms with Crippen molar-refractivity contribution in [3.05, 3.63) is 53.6 Å². The molecule has 116 valence electrons. The molecule has 0 spiro atoms. The topological polar surface area (TPSA) is 73.6 Å². The molecule has 0 aliphatic carbocycles. The van der Waals surface area contributed by atoms with Crippen LogP contribution in [0.2, 0.25) is 0 Å². The maximum absolute atomic E-state index is 10.4. The fourth-order valence-corrected chi connectivity index (χ4v) is 2.05. The molecule has 0 aliphatic rings. The van der Waals surface area contributed by atoms with Crippen LogP contribution in [-0.4, -0.2) is 25.7 Å². The molecule has 2 aromatic carbocycles. The van der Waals surface area contributed by atoms with Gasteiger partial charge >= 0.3 is 0 Å². The van der Waals surface area contributed by atoms with Crippen molar-refractivity contribution in [3.63, 3.8) is 0 Å². The van der Waals surface area contributed by atoms with Crippen LogP contribution in [0.15, 0.2) is 42.5 Å². The number of hydrogen-bond donors (Lipinski definition) is 1. The lowest BCUT2D eigenvalue weighted by atomic mass is 10.0. The first-order valence-electron chi connectivity index (χ1n) is 6.88. The number of rotatable bonds is 5. The maximum Gasteiger partial charge on any atom is 0.298 e. The van der Waals surface area contributed by atoms with Gasteiger partial charge in [0.05, 0.1) is 11.6 Å². The predicted octanol–water partition coefficient (Wildman–Crippen LogP) is 3.06. The van der Waals surface area contributed by atoms with Gasteiger partial charge in [0.2, 0.25) is 0 Å². The van der Waals surface area contributed by atoms with Crippen LogP contribution < -0.4 is 9.64 Å². The number of carbonyl (C=O) groups excluding carboxylic acids is 1. The Balaban J connectivity index is 2.37. The van der Waals surface area contributed by atoms with Crippen molar-refractivity contribution in [2.45, 2.75) is 0 Å². The first-order chi connectivity index (χ1) is 11.0. The second-order valence-electron chi connectivity index (χ2n) is 5.05. The minimum atomic E-state index is -0.136. The zero-order chi connectivity index (χ0) is 16.8. The molecule has 0 atom stereocenters. The lowest BCUT2D eigenvalue weighted by Gasteiger charge is -2.12. The summed E-state index contributed by atoms with van der Waals surface area (Å²) in [6.45, 7) is 0.244. The number of phenolic OH excluding ortho intramolecular Hbond substituents is 1. The quantitative estimate of drug-likeness (QED) is 0.522. The fourth-order valence-electron chi connectivity index (χ4n) is 2.05. The summed E-state index contributed by atoms with van der Waals surface area (Å²) in [7, 11) is 3.89. The highest BCUT2D eigenvalue weighted by Gasteiger charge is 2.06. The molecule has 5 nitrogen and oxygen atoms in total. The van der Waals surface area contributed by atoms with Crippen LogP contribution in [0.3, 0.4) is 0 Å². The summed E-state index contributed by atoms with van der Waals surface area (Å²) < 4.78 is 4.69. The van der Waals surface area contributed by atoms with Crippen molar-refractivity contribution in [1.29, 1.82) is 5.26 Å². The Kier molecular flexibility index (Phi) is 5.00. The van der Waals surface area contributed by atoms with E-state index in [4.69, 9.17) is 4.74 Å². The molecule has 1 N–H and O–H groups in total. The van der Waals surface area contributed by atoms with Crippen LogP contribution >= 0.6 is 0 Å². The maximum atomic E-state index is 10.4. The summed E-state index contributed by atoms with van der Waals surface area (Å²) in [6, 6.07) is 14.3. The smallest absolute Gasteiger partial charge is 0.298 e. The minimum Gasteiger partial charge on any atom is -0.504 e. The standard InChI is InChI=1S/C18H16N2O3/c1-20(2)16-6-4-14(5-7-16)15(11-19)9-13-3-8-17(22)18(10-13)23-12-21/h3-10,12,22H,1-2H3. The number of carbonyl (C=O) groups is 1. The van der Waals surface area contributed by atoms with E-state index in [0.29, 0.717) is 11.1 Å². The molecule has 0 radical (unpaired) electrons. The number of hydrogen-bond acceptors (Lipinski definition) is 5. The number of aromatic hydroxyl groups is 1. The van der Waals surface area contributed by atoms with E-state index in [1.807, 2.05) is 43.3 Å². The van der Waals surface area contributed by atoms with E-state index in [-0.39, 0.29) is 18.0 Å². The lowest BCUT2D eigenvalue weighted by Crippen LogP contribution is -2.08. The average Bonchev–Trinajstić information content (AvgIpc) is 2.56. The second kappa shape index (κ2) is 7.14. The third kappa shape index (κ3) is 3.89. The SMILES string of the molecule is CN(C)c1ccc(C(C#N)=Cc2ccc(O)c(OC=O)c2)cc1. The van der Waals surface area contributed by atoms with Gasteiger partial charge in [0.15, 0.2) is 11.5 Å². The normalized spacial score (nSPS) is 10.7. The number of ether oxygens (including phenoxy) is 1. The van der Waals surface area contributed by atoms with Crippen LogP contribution in [0.4, 0.5) is 5.69 Å². The highest BCUT2D eigenvalue weighted by atomic mass is 16.5. The van der Waals surface area contributed by atoms with E-state index in [1.54, 1.807) is 12.1 Å². The monoisotopic (exact) mass is 308 g/mol. The Morgan fingerprint density at radius 1 is 1.22 bits per heavy atom. The van der Waals surface area contributed by atoms with E-state index in [1.165, 1.54) is 12.1 Å². The van der Waals surface area contributed by atoms with Gasteiger partial charge in [-0.15, -0.1) is 0 Å². The molecule has 0 unspecified atom stereocenters. The van der Waals surface area contributed by atoms with Crippen LogP contribution in [0, 0.1) is 11.3 Å². The van der Waals surface area contributed by atoms with Crippen LogP contribution in [0.5, 0.6) is 11.5 Å². The first kappa shape index (κ1) is 16.1. The molecule has 0 bridgehead atoms. The number of nitrogens with zero attached hydrogens (tertiary/aromatic N) is 2. The number of benzene rings is 2. The molecule has 5 heteroatoms. The largest absolute Gasteiger partial charge is 0.504 e. The summed E-state index contributed by atoms with van der Waals surface area (Å²) in [4.78, 5) is 12.4. The van der Waals surface area contributed by atoms with E-state index >= 15 is 0 Å². The average molecular weight is 308 g/mol. The highest BCUT2D eigenvalue weighted by molar-refractivity contribution is 5.90. The number of nitriles is 1. The molecular formula is C18H16N2O3. The third-order valence-corrected chi connectivity index (χ3v) is 3.29. The van der Waals surface area contributed by atoms with Gasteiger partial charge in [-0.05, 0) is 41.5 Å². The molecule has 2 aromatic rings. The minimum absolute atomic E-state index is 0.0500. The van der Waals surface area contributed by atoms with Crippen LogP contribution in [0.1, 0.15) is 11.1 Å². The van der Waals surface area contributed by atoms with E-state index in [0.717, 1.165) is 11.3 Å². The Hall–Kier alpha value is -3.26. The Morgan fingerprint density at radius 3 is 2.48 bits per heavy atom. The van der Waals surface area contributed by atoms with E-state index < -0.39 is 0 Å². The molecule has 0 saturated carbocycles. The Morgan fingerprint density at radius 2 is 1.91 bits per heavy atom. The first-order valence-corrected chi connectivity index (χ1v) is 6.88. The van der Waals surface area contributed by atoms with Crippen molar-refractivity contribution < 1.29 is 14.6 Å². The molecule has 0 aliphatic heterocycles. The number of allylic oxidation sites excluding steroid dienone is 1. The number of phenols is 1. The zero-order valence-electron chi connectivity index (χ0n) is 12.9. The highest BCUT2D eigenvalue weighted by Crippen LogP contribution is 2.28. The van der Waals surface area contributed by atoms with Gasteiger partial charge in [-0.25, -0.2) is 0 Å². The summed E-state index contributed by atoms with van der Waals surface area (Å²) in [5, 5.41) is 19.0. The molecule has 0 amide bonds. The van der Waals surface area contributed by atoms with Gasteiger partial charge in [-0.1, -0.05) is 18.2 Å². The molecule has 23 heavy (non-hydrogen) atoms. The summed E-state index contributed by atoms with van der Waals surface area (Å²) >= 11 is 0. The van der Waals surface area contributed by atoms with Crippen molar-refractivity contribution in [2.75, 3.05) is 19.0 Å². The summed E-state index contributed by atoms with van der Waals surface area (Å²) in [5.41, 5.74) is 2.94. The van der Waals surface area contributed by atoms with Crippen molar-refractivity contribution in [2.24, 2.45) is 0 Å². The summed E-state index contributed by atoms with van der Waals surface area (Å²) in [6.07, 6.45) is 1.67. The Labute approximate surface area is 134 Å². The number of anilines is 1. The molecular weight excluding hydrogens is 292 g/mol. The molecule has 0 aromatic heterocycles. The van der Waals surface area contributed by atoms with Gasteiger partial charge in [0.25, 0.3) is 6.47 Å². The predicted molar refractivity (Wildman–Crippen MR) is 89.1 cm³/mol. The lowest BCUT2D eigenvalue weighted by molar-refractivity contribution is -0.120. The van der Waals surface area contributed by atoms with Crippen molar-refractivity contribution >= 4 is 23.8 Å². The van der Waals surface area contributed by atoms with Gasteiger partial charge in [-0.2, -0.15) is 5.26 Å². The van der Waals surface area contributed by atoms with Crippen molar-refractivity contribution in [1.82, 2.24) is 0 Å². The molecule has 2 rings (SSSR count). The van der Waals surface area contributed by atoms with Gasteiger partial charge in [-0.3, -0.25) is 4.79 Å². The zero-order valence-corrected chi connectivity index (χ0v) is 12.9. The van der Waals surface area contributed by atoms with Crippen molar-refractivity contribution in [3.8, 4) is 17.6 Å². The van der Waals surface area contributed by atoms with Crippen LogP contribution in [0.25, 0.3) is 11.6 Å². The molecule has 0 fully saturated rings. The van der Waals surface area contributed by atoms with E-state index in [9.17, 15) is 15.2 Å². The second-order valence-corrected chi connectivity index (χ2v) is 5.05. The third-order valence-electron chi connectivity index (χ3n) is 3.29. The van der Waals surface area contributed by atoms with E-state index in [2.05, 4.69) is 6.07 Å². The fraction of sp³-hybridized carbons (Fsp3) is 0.111. The van der Waals surface area contributed by atoms with Gasteiger partial charge < -0.3 is 14.7 Å². The molecule has 0 heterocycles. The van der Waals surface area contributed by atoms with Crippen LogP contribution in [-0.2, 0) is 4.79 Å². The Bertz CT molecular complexity index is 772. The van der Waals surface area contributed by atoms with Gasteiger partial charge in [0.1, 0.15) is 0 Å². The van der Waals surface area contributed by atoms with Gasteiger partial charge in [0, 0.05) is 19.8 Å².